The number of hydrogen-bond donors (Lipinski definition) is 2. The molecule has 0 bridgehead atoms. The highest BCUT2D eigenvalue weighted by atomic mass is 35.5. The molecule has 0 saturated carbocycles. The number of nitrogens with two attached hydrogens (primary N) is 1. The Labute approximate surface area is 151 Å². The lowest BCUT2D eigenvalue weighted by Gasteiger charge is -2.36. The predicted molar refractivity (Wildman–Crippen MR) is 96.8 cm³/mol. The van der Waals surface area contributed by atoms with Crippen molar-refractivity contribution < 1.29 is 14.3 Å². The molecule has 3 rings (SSSR count). The van der Waals surface area contributed by atoms with E-state index in [0.29, 0.717) is 42.3 Å². The van der Waals surface area contributed by atoms with Gasteiger partial charge in [-0.1, -0.05) is 41.9 Å². The van der Waals surface area contributed by atoms with E-state index in [1.165, 1.54) is 12.1 Å². The SMILES string of the molecule is NC(=O)c1ccc(Cl)c(NC(=O)C2(c3ccccc3)CCOCC2)c1. The minimum absolute atomic E-state index is 0.162. The molecule has 5 nitrogen and oxygen atoms in total. The van der Waals surface area contributed by atoms with E-state index in [0.717, 1.165) is 5.56 Å². The largest absolute Gasteiger partial charge is 0.381 e. The van der Waals surface area contributed by atoms with E-state index < -0.39 is 11.3 Å². The van der Waals surface area contributed by atoms with Crippen molar-refractivity contribution in [2.24, 2.45) is 5.73 Å². The number of carbonyl (C=O) groups excluding carboxylic acids is 2. The first-order chi connectivity index (χ1) is 12.0. The molecular formula is C19H19ClN2O3. The lowest BCUT2D eigenvalue weighted by Crippen LogP contribution is -2.44. The first-order valence-corrected chi connectivity index (χ1v) is 8.45. The van der Waals surface area contributed by atoms with Gasteiger partial charge in [0.2, 0.25) is 11.8 Å². The fourth-order valence-corrected chi connectivity index (χ4v) is 3.30. The summed E-state index contributed by atoms with van der Waals surface area (Å²) in [7, 11) is 0. The second kappa shape index (κ2) is 7.25. The van der Waals surface area contributed by atoms with Gasteiger partial charge in [0.05, 0.1) is 16.1 Å². The molecule has 1 saturated heterocycles. The highest BCUT2D eigenvalue weighted by Gasteiger charge is 2.41. The van der Waals surface area contributed by atoms with Crippen molar-refractivity contribution in [3.05, 3.63) is 64.7 Å². The van der Waals surface area contributed by atoms with Crippen LogP contribution in [0.5, 0.6) is 0 Å². The van der Waals surface area contributed by atoms with Crippen molar-refractivity contribution >= 4 is 29.1 Å². The summed E-state index contributed by atoms with van der Waals surface area (Å²) in [5, 5.41) is 3.24. The van der Waals surface area contributed by atoms with Crippen LogP contribution in [0.25, 0.3) is 0 Å². The molecule has 0 atom stereocenters. The standard InChI is InChI=1S/C19H19ClN2O3/c20-15-7-6-13(17(21)23)12-16(15)22-18(24)19(8-10-25-11-9-19)14-4-2-1-3-5-14/h1-7,12H,8-11H2,(H2,21,23)(H,22,24). The summed E-state index contributed by atoms with van der Waals surface area (Å²) in [6.45, 7) is 1.02. The zero-order valence-corrected chi connectivity index (χ0v) is 14.4. The van der Waals surface area contributed by atoms with Crippen molar-refractivity contribution in [2.45, 2.75) is 18.3 Å². The van der Waals surface area contributed by atoms with E-state index in [2.05, 4.69) is 5.32 Å². The third-order valence-corrected chi connectivity index (χ3v) is 4.94. The molecule has 1 heterocycles. The van der Waals surface area contributed by atoms with Crippen LogP contribution < -0.4 is 11.1 Å². The van der Waals surface area contributed by atoms with Crippen LogP contribution in [-0.4, -0.2) is 25.0 Å². The number of ether oxygens (including phenoxy) is 1. The average molecular weight is 359 g/mol. The summed E-state index contributed by atoms with van der Waals surface area (Å²) in [6.07, 6.45) is 1.16. The smallest absolute Gasteiger partial charge is 0.248 e. The Morgan fingerprint density at radius 1 is 1.08 bits per heavy atom. The number of amides is 2. The third kappa shape index (κ3) is 3.52. The van der Waals surface area contributed by atoms with E-state index in [4.69, 9.17) is 22.1 Å². The Bertz CT molecular complexity index is 787. The molecule has 0 aromatic heterocycles. The van der Waals surface area contributed by atoms with Crippen LogP contribution in [0.3, 0.4) is 0 Å². The Morgan fingerprint density at radius 2 is 1.76 bits per heavy atom. The quantitative estimate of drug-likeness (QED) is 0.881. The topological polar surface area (TPSA) is 81.4 Å². The summed E-state index contributed by atoms with van der Waals surface area (Å²) < 4.78 is 5.45. The molecule has 0 aliphatic carbocycles. The van der Waals surface area contributed by atoms with Gasteiger partial charge in [-0.25, -0.2) is 0 Å². The molecule has 3 N–H and O–H groups in total. The van der Waals surface area contributed by atoms with Crippen molar-refractivity contribution in [2.75, 3.05) is 18.5 Å². The van der Waals surface area contributed by atoms with Crippen molar-refractivity contribution in [3.63, 3.8) is 0 Å². The maximum absolute atomic E-state index is 13.2. The molecule has 0 spiro atoms. The maximum Gasteiger partial charge on any atom is 0.248 e. The second-order valence-corrected chi connectivity index (χ2v) is 6.48. The van der Waals surface area contributed by atoms with Crippen LogP contribution in [-0.2, 0) is 14.9 Å². The normalized spacial score (nSPS) is 16.2. The minimum atomic E-state index is -0.689. The number of hydrogen-bond acceptors (Lipinski definition) is 3. The van der Waals surface area contributed by atoms with Gasteiger partial charge in [-0.05, 0) is 36.6 Å². The molecule has 0 unspecified atom stereocenters. The van der Waals surface area contributed by atoms with Crippen LogP contribution in [0, 0.1) is 0 Å². The average Bonchev–Trinajstić information content (AvgIpc) is 2.64. The molecule has 2 amide bonds. The van der Waals surface area contributed by atoms with Gasteiger partial charge < -0.3 is 15.8 Å². The van der Waals surface area contributed by atoms with E-state index in [-0.39, 0.29) is 5.91 Å². The Hall–Kier alpha value is -2.37. The number of rotatable bonds is 4. The number of halogens is 1. The number of nitrogens with one attached hydrogen (secondary N) is 1. The van der Waals surface area contributed by atoms with E-state index >= 15 is 0 Å². The van der Waals surface area contributed by atoms with Crippen molar-refractivity contribution in [3.8, 4) is 0 Å². The van der Waals surface area contributed by atoms with Crippen LogP contribution in [0.2, 0.25) is 5.02 Å². The molecule has 130 valence electrons. The molecular weight excluding hydrogens is 340 g/mol. The van der Waals surface area contributed by atoms with E-state index in [9.17, 15) is 9.59 Å². The zero-order valence-electron chi connectivity index (χ0n) is 13.6. The first kappa shape index (κ1) is 17.5. The number of primary amides is 1. The zero-order chi connectivity index (χ0) is 17.9. The molecule has 2 aromatic rings. The summed E-state index contributed by atoms with van der Waals surface area (Å²) >= 11 is 6.18. The lowest BCUT2D eigenvalue weighted by atomic mass is 9.73. The van der Waals surface area contributed by atoms with Crippen molar-refractivity contribution in [1.82, 2.24) is 0 Å². The van der Waals surface area contributed by atoms with Crippen LogP contribution >= 0.6 is 11.6 Å². The van der Waals surface area contributed by atoms with Crippen LogP contribution in [0.1, 0.15) is 28.8 Å². The molecule has 2 aromatic carbocycles. The van der Waals surface area contributed by atoms with Gasteiger partial charge >= 0.3 is 0 Å². The highest BCUT2D eigenvalue weighted by molar-refractivity contribution is 6.34. The highest BCUT2D eigenvalue weighted by Crippen LogP contribution is 2.37. The molecule has 6 heteroatoms. The van der Waals surface area contributed by atoms with Gasteiger partial charge in [-0.3, -0.25) is 9.59 Å². The number of anilines is 1. The van der Waals surface area contributed by atoms with E-state index in [1.807, 2.05) is 30.3 Å². The summed E-state index contributed by atoms with van der Waals surface area (Å²) in [6, 6.07) is 14.2. The van der Waals surface area contributed by atoms with Crippen molar-refractivity contribution in [1.29, 1.82) is 0 Å². The third-order valence-electron chi connectivity index (χ3n) is 4.61. The predicted octanol–water partition coefficient (Wildman–Crippen LogP) is 3.13. The maximum atomic E-state index is 13.2. The molecule has 0 radical (unpaired) electrons. The Kier molecular flexibility index (Phi) is 5.06. The van der Waals surface area contributed by atoms with Gasteiger partial charge in [-0.2, -0.15) is 0 Å². The van der Waals surface area contributed by atoms with Gasteiger partial charge in [0.1, 0.15) is 0 Å². The summed E-state index contributed by atoms with van der Waals surface area (Å²) in [4.78, 5) is 24.6. The first-order valence-electron chi connectivity index (χ1n) is 8.07. The monoisotopic (exact) mass is 358 g/mol. The van der Waals surface area contributed by atoms with Gasteiger partial charge in [0.25, 0.3) is 0 Å². The number of benzene rings is 2. The second-order valence-electron chi connectivity index (χ2n) is 6.07. The fourth-order valence-electron chi connectivity index (χ4n) is 3.14. The lowest BCUT2D eigenvalue weighted by molar-refractivity contribution is -0.125. The van der Waals surface area contributed by atoms with Gasteiger partial charge in [-0.15, -0.1) is 0 Å². The summed E-state index contributed by atoms with van der Waals surface area (Å²) in [5.74, 6) is -0.735. The molecule has 25 heavy (non-hydrogen) atoms. The van der Waals surface area contributed by atoms with Crippen LogP contribution in [0.15, 0.2) is 48.5 Å². The molecule has 1 aliphatic rings. The fraction of sp³-hybridized carbons (Fsp3) is 0.263. The van der Waals surface area contributed by atoms with Gasteiger partial charge in [0, 0.05) is 18.8 Å². The van der Waals surface area contributed by atoms with E-state index in [1.54, 1.807) is 6.07 Å². The summed E-state index contributed by atoms with van der Waals surface area (Å²) in [5.41, 5.74) is 6.24. The number of carbonyl (C=O) groups is 2. The minimum Gasteiger partial charge on any atom is -0.381 e. The van der Waals surface area contributed by atoms with Gasteiger partial charge in [0.15, 0.2) is 0 Å². The Morgan fingerprint density at radius 3 is 2.40 bits per heavy atom. The molecule has 1 aliphatic heterocycles. The Balaban J connectivity index is 1.94. The van der Waals surface area contributed by atoms with Crippen LogP contribution in [0.4, 0.5) is 5.69 Å². The molecule has 1 fully saturated rings.